The Hall–Kier alpha value is -0.100. The van der Waals surface area contributed by atoms with Crippen LogP contribution in [0.3, 0.4) is 0 Å². The Morgan fingerprint density at radius 1 is 1.20 bits per heavy atom. The molecule has 0 saturated heterocycles. The van der Waals surface area contributed by atoms with Crippen LogP contribution in [0, 0.1) is 54.9 Å². The van der Waals surface area contributed by atoms with Gasteiger partial charge in [-0.2, -0.15) is 5.26 Å². The van der Waals surface area contributed by atoms with Gasteiger partial charge in [0.1, 0.15) is 5.82 Å². The second-order valence-electron chi connectivity index (χ2n) is 1.62. The molecule has 0 aliphatic rings. The van der Waals surface area contributed by atoms with Gasteiger partial charge in [0.2, 0.25) is 0 Å². The fourth-order valence-electron chi connectivity index (χ4n) is 0.524. The van der Waals surface area contributed by atoms with Crippen LogP contribution in [0.4, 0.5) is 4.39 Å². The summed E-state index contributed by atoms with van der Waals surface area (Å²) in [6.07, 6.45) is 0. The van der Waals surface area contributed by atoms with Crippen LogP contribution < -0.4 is 0 Å². The first kappa shape index (κ1) is 9.90. The van der Waals surface area contributed by atoms with Gasteiger partial charge in [-0.15, -0.1) is 0 Å². The first-order valence-corrected chi connectivity index (χ1v) is 2.48. The number of hydrogen-bond donors (Lipinski definition) is 0. The molecule has 0 aliphatic carbocycles. The Morgan fingerprint density at radius 2 is 1.70 bits per heavy atom. The van der Waals surface area contributed by atoms with E-state index in [0.29, 0.717) is 5.56 Å². The van der Waals surface area contributed by atoms with E-state index in [1.54, 1.807) is 0 Å². The smallest absolute Gasteiger partial charge is 0.123 e. The summed E-state index contributed by atoms with van der Waals surface area (Å²) in [6.45, 7) is 0. The quantitative estimate of drug-likeness (QED) is 0.568. The van der Waals surface area contributed by atoms with E-state index in [9.17, 15) is 4.39 Å². The maximum Gasteiger partial charge on any atom is 0.123 e. The van der Waals surface area contributed by atoms with Crippen molar-refractivity contribution < 1.29 is 42.1 Å². The molecule has 0 fully saturated rings. The zero-order valence-electron chi connectivity index (χ0n) is 4.99. The molecule has 0 atom stereocenters. The maximum atomic E-state index is 12.1. The van der Waals surface area contributed by atoms with Crippen molar-refractivity contribution >= 4 is 0 Å². The maximum absolute atomic E-state index is 12.1. The second kappa shape index (κ2) is 4.67. The van der Waals surface area contributed by atoms with Crippen LogP contribution >= 0.6 is 0 Å². The summed E-state index contributed by atoms with van der Waals surface area (Å²) in [6, 6.07) is 7.29. The molecule has 1 rings (SSSR count). The minimum atomic E-state index is -0.311. The summed E-state index contributed by atoms with van der Waals surface area (Å²) >= 11 is 0. The predicted molar refractivity (Wildman–Crippen MR) is 31.1 cm³/mol. The Balaban J connectivity index is 0.000000810. The average molecular weight is 161 g/mol. The number of hydrogen-bond acceptors (Lipinski definition) is 1. The SMILES string of the molecule is N#Cc1ccc(F)cc1.[Ar]. The summed E-state index contributed by atoms with van der Waals surface area (Å²) in [7, 11) is 0. The molecule has 1 aromatic rings. The van der Waals surface area contributed by atoms with E-state index in [1.807, 2.05) is 6.07 Å². The summed E-state index contributed by atoms with van der Waals surface area (Å²) in [5.74, 6) is -0.311. The van der Waals surface area contributed by atoms with E-state index < -0.39 is 0 Å². The molecule has 3 heteroatoms. The van der Waals surface area contributed by atoms with Crippen molar-refractivity contribution in [2.24, 2.45) is 0 Å². The standard InChI is InChI=1S/C7H4FN.Ar/c8-7-3-1-6(5-9)2-4-7;/h1-4H;. The van der Waals surface area contributed by atoms with Crippen LogP contribution in [0.15, 0.2) is 24.3 Å². The van der Waals surface area contributed by atoms with E-state index in [2.05, 4.69) is 0 Å². The zero-order chi connectivity index (χ0) is 6.69. The van der Waals surface area contributed by atoms with E-state index >= 15 is 0 Å². The van der Waals surface area contributed by atoms with Crippen LogP contribution in [0.5, 0.6) is 0 Å². The number of rotatable bonds is 0. The number of nitriles is 1. The van der Waals surface area contributed by atoms with Gasteiger partial charge in [-0.05, 0) is 24.3 Å². The Labute approximate surface area is 88.5 Å². The van der Waals surface area contributed by atoms with Gasteiger partial charge >= 0.3 is 0 Å². The molecule has 0 spiro atoms. The molecule has 1 aromatic carbocycles. The third-order valence-electron chi connectivity index (χ3n) is 0.973. The van der Waals surface area contributed by atoms with Crippen molar-refractivity contribution in [1.29, 1.82) is 5.26 Å². The zero-order valence-corrected chi connectivity index (χ0v) is 5.70. The normalized spacial score (nSPS) is 7.60. The Kier molecular flexibility index (Phi) is 4.63. The minimum absolute atomic E-state index is 0. The monoisotopic (exact) mass is 161 g/mol. The van der Waals surface area contributed by atoms with Crippen molar-refractivity contribution in [1.82, 2.24) is 0 Å². The van der Waals surface area contributed by atoms with Crippen molar-refractivity contribution in [2.75, 3.05) is 0 Å². The van der Waals surface area contributed by atoms with Crippen molar-refractivity contribution in [2.45, 2.75) is 0 Å². The van der Waals surface area contributed by atoms with Crippen LogP contribution in [-0.4, -0.2) is 0 Å². The van der Waals surface area contributed by atoms with E-state index in [1.165, 1.54) is 24.3 Å². The topological polar surface area (TPSA) is 23.8 Å². The molecule has 0 amide bonds. The molecule has 0 unspecified atom stereocenters. The van der Waals surface area contributed by atoms with Crippen molar-refractivity contribution in [3.8, 4) is 6.07 Å². The Morgan fingerprint density at radius 3 is 2.10 bits per heavy atom. The minimum Gasteiger partial charge on any atom is -0.207 e. The van der Waals surface area contributed by atoms with Gasteiger partial charge in [0, 0.05) is 37.7 Å². The molecule has 0 heterocycles. The average Bonchev–Trinajstić information content (AvgIpc) is 1.90. The van der Waals surface area contributed by atoms with Crippen LogP contribution in [0.1, 0.15) is 5.56 Å². The van der Waals surface area contributed by atoms with Crippen LogP contribution in [-0.2, 0) is 0 Å². The predicted octanol–water partition coefficient (Wildman–Crippen LogP) is 1.70. The number of nitrogens with zero attached hydrogens (tertiary/aromatic N) is 1. The van der Waals surface area contributed by atoms with E-state index in [4.69, 9.17) is 5.26 Å². The van der Waals surface area contributed by atoms with Gasteiger partial charge in [0.15, 0.2) is 0 Å². The third kappa shape index (κ3) is 2.66. The molecule has 52 valence electrons. The third-order valence-corrected chi connectivity index (χ3v) is 0.973. The van der Waals surface area contributed by atoms with Gasteiger partial charge in [0.25, 0.3) is 0 Å². The summed E-state index contributed by atoms with van der Waals surface area (Å²) < 4.78 is 12.1. The molecule has 0 N–H and O–H groups in total. The molecule has 0 aromatic heterocycles. The van der Waals surface area contributed by atoms with Crippen molar-refractivity contribution in [3.63, 3.8) is 0 Å². The number of halogens is 1. The molecular weight excluding hydrogens is 157 g/mol. The van der Waals surface area contributed by atoms with Gasteiger partial charge in [0.05, 0.1) is 11.6 Å². The van der Waals surface area contributed by atoms with E-state index in [0.717, 1.165) is 0 Å². The van der Waals surface area contributed by atoms with Gasteiger partial charge in [-0.25, -0.2) is 4.39 Å². The molecular formula is C7H4ArFN. The molecule has 0 radical (unpaired) electrons. The summed E-state index contributed by atoms with van der Waals surface area (Å²) in [5, 5.41) is 8.26. The first-order valence-electron chi connectivity index (χ1n) is 2.48. The Bertz CT molecular complexity index is 237. The molecule has 0 bridgehead atoms. The van der Waals surface area contributed by atoms with Gasteiger partial charge in [-0.1, -0.05) is 0 Å². The second-order valence-corrected chi connectivity index (χ2v) is 1.62. The fraction of sp³-hybridized carbons (Fsp3) is 0. The molecule has 1 nitrogen and oxygen atoms in total. The largest absolute Gasteiger partial charge is 0.207 e. The van der Waals surface area contributed by atoms with Gasteiger partial charge in [-0.3, -0.25) is 0 Å². The summed E-state index contributed by atoms with van der Waals surface area (Å²) in [4.78, 5) is 0. The summed E-state index contributed by atoms with van der Waals surface area (Å²) in [5.41, 5.74) is 0.483. The molecule has 0 saturated carbocycles. The molecule has 0 aliphatic heterocycles. The molecule has 10 heavy (non-hydrogen) atoms. The fourth-order valence-corrected chi connectivity index (χ4v) is 0.524. The van der Waals surface area contributed by atoms with Crippen molar-refractivity contribution in [3.05, 3.63) is 35.6 Å². The van der Waals surface area contributed by atoms with Crippen LogP contribution in [0.25, 0.3) is 0 Å². The first-order chi connectivity index (χ1) is 4.33. The van der Waals surface area contributed by atoms with E-state index in [-0.39, 0.29) is 43.6 Å². The van der Waals surface area contributed by atoms with Crippen LogP contribution in [0.2, 0.25) is 0 Å². The number of benzene rings is 1. The van der Waals surface area contributed by atoms with Gasteiger partial charge < -0.3 is 0 Å².